The molecule has 0 atom stereocenters. The predicted molar refractivity (Wildman–Crippen MR) is 89.4 cm³/mol. The summed E-state index contributed by atoms with van der Waals surface area (Å²) in [5, 5.41) is 17.4. The molecule has 0 aromatic heterocycles. The van der Waals surface area contributed by atoms with E-state index in [9.17, 15) is 19.5 Å². The quantitative estimate of drug-likeness (QED) is 0.393. The number of piperazine rings is 1. The predicted octanol–water partition coefficient (Wildman–Crippen LogP) is -1.25. The summed E-state index contributed by atoms with van der Waals surface area (Å²) >= 11 is 0. The molecule has 2 saturated heterocycles. The Hall–Kier alpha value is -2.29. The smallest absolute Gasteiger partial charge is 0.328 e. The Bertz CT molecular complexity index is 645. The van der Waals surface area contributed by atoms with Crippen molar-refractivity contribution in [3.8, 4) is 0 Å². The molecule has 0 aliphatic carbocycles. The Balaban J connectivity index is 2.12. The second-order valence-corrected chi connectivity index (χ2v) is 6.55. The normalized spacial score (nSPS) is 22.2. The topological polar surface area (TPSA) is 108 Å². The number of aliphatic hydroxyl groups excluding tert-OH is 1. The van der Waals surface area contributed by atoms with Crippen LogP contribution in [0.1, 0.15) is 5.56 Å². The van der Waals surface area contributed by atoms with E-state index in [-0.39, 0.29) is 24.1 Å². The van der Waals surface area contributed by atoms with Gasteiger partial charge in [-0.25, -0.2) is 4.79 Å². The van der Waals surface area contributed by atoms with E-state index >= 15 is 0 Å². The molecule has 0 saturated carbocycles. The van der Waals surface area contributed by atoms with Gasteiger partial charge in [0, 0.05) is 19.5 Å². The maximum absolute atomic E-state index is 13.0. The number of benzene rings is 1. The largest absolute Gasteiger partial charge is 0.391 e. The molecule has 2 fully saturated rings. The fourth-order valence-corrected chi connectivity index (χ4v) is 4.01. The van der Waals surface area contributed by atoms with Gasteiger partial charge in [-0.05, 0) is 5.56 Å². The molecule has 4 N–H and O–H groups in total. The molecule has 8 nitrogen and oxygen atoms in total. The second-order valence-electron chi connectivity index (χ2n) is 6.55. The fraction of sp³-hybridized carbons (Fsp3) is 0.471. The fourth-order valence-electron chi connectivity index (χ4n) is 4.01. The zero-order valence-electron chi connectivity index (χ0n) is 14.0. The minimum atomic E-state index is -1.49. The molecule has 134 valence electrons. The Morgan fingerprint density at radius 3 is 2.16 bits per heavy atom. The van der Waals surface area contributed by atoms with Crippen LogP contribution in [-0.2, 0) is 16.0 Å². The van der Waals surface area contributed by atoms with Crippen LogP contribution in [0.15, 0.2) is 30.3 Å². The van der Waals surface area contributed by atoms with Gasteiger partial charge < -0.3 is 10.4 Å². The van der Waals surface area contributed by atoms with Crippen molar-refractivity contribution in [2.24, 2.45) is 0 Å². The highest BCUT2D eigenvalue weighted by molar-refractivity contribution is 6.21. The molecule has 3 rings (SSSR count). The first kappa shape index (κ1) is 17.5. The van der Waals surface area contributed by atoms with Crippen molar-refractivity contribution < 1.29 is 24.0 Å². The summed E-state index contributed by atoms with van der Waals surface area (Å²) in [4.78, 5) is 37.7. The van der Waals surface area contributed by atoms with Gasteiger partial charge in [-0.15, -0.1) is 0 Å². The Labute approximate surface area is 145 Å². The van der Waals surface area contributed by atoms with E-state index in [1.807, 2.05) is 30.3 Å². The number of carbonyl (C=O) groups is 3. The van der Waals surface area contributed by atoms with Crippen LogP contribution in [0.2, 0.25) is 0 Å². The lowest BCUT2D eigenvalue weighted by Gasteiger charge is -2.53. The van der Waals surface area contributed by atoms with Crippen molar-refractivity contribution in [3.63, 3.8) is 0 Å². The number of barbiturate groups is 1. The van der Waals surface area contributed by atoms with Gasteiger partial charge in [0.1, 0.15) is 6.54 Å². The van der Waals surface area contributed by atoms with Crippen LogP contribution >= 0.6 is 0 Å². The molecule has 0 radical (unpaired) electrons. The number of hydrogen-bond acceptors (Lipinski definition) is 5. The molecule has 25 heavy (non-hydrogen) atoms. The van der Waals surface area contributed by atoms with Crippen LogP contribution in [-0.4, -0.2) is 72.3 Å². The first-order valence-electron chi connectivity index (χ1n) is 8.43. The Morgan fingerprint density at radius 2 is 1.60 bits per heavy atom. The number of rotatable bonds is 5. The van der Waals surface area contributed by atoms with Gasteiger partial charge in [-0.2, -0.15) is 0 Å². The van der Waals surface area contributed by atoms with Crippen LogP contribution in [0.25, 0.3) is 0 Å². The number of nitrogens with one attached hydrogen (secondary N) is 3. The molecule has 1 aromatic rings. The minimum absolute atomic E-state index is 0.121. The zero-order chi connectivity index (χ0) is 17.9. The first-order valence-corrected chi connectivity index (χ1v) is 8.43. The number of aliphatic hydroxyl groups is 1. The van der Waals surface area contributed by atoms with Crippen molar-refractivity contribution in [1.82, 2.24) is 16.0 Å². The van der Waals surface area contributed by atoms with Crippen LogP contribution < -0.4 is 16.0 Å². The number of urea groups is 1. The number of imide groups is 2. The molecule has 2 heterocycles. The summed E-state index contributed by atoms with van der Waals surface area (Å²) in [6, 6.07) is 8.48. The molecule has 0 spiro atoms. The maximum Gasteiger partial charge on any atom is 0.328 e. The lowest BCUT2D eigenvalue weighted by atomic mass is 9.82. The lowest BCUT2D eigenvalue weighted by molar-refractivity contribution is -0.959. The van der Waals surface area contributed by atoms with Crippen molar-refractivity contribution in [2.45, 2.75) is 12.0 Å². The molecule has 2 aliphatic rings. The standard InChI is InChI=1S/C17H22N4O4/c22-11-10-21(8-6-18-7-9-21)17(12-13-4-2-1-3-5-13)14(23)19-16(25)20-15(17)24/h1-5,18,22H,6-12H2,(H-,19,20,23,24,25)/p+1. The third kappa shape index (κ3) is 2.92. The first-order chi connectivity index (χ1) is 12.0. The van der Waals surface area contributed by atoms with Gasteiger partial charge in [-0.3, -0.25) is 24.7 Å². The molecular formula is C17H23N4O4+. The van der Waals surface area contributed by atoms with Crippen molar-refractivity contribution in [2.75, 3.05) is 39.3 Å². The van der Waals surface area contributed by atoms with Crippen molar-refractivity contribution >= 4 is 17.8 Å². The summed E-state index contributed by atoms with van der Waals surface area (Å²) < 4.78 is 0.121. The highest BCUT2D eigenvalue weighted by Gasteiger charge is 2.64. The van der Waals surface area contributed by atoms with Gasteiger partial charge in [0.05, 0.1) is 19.7 Å². The average Bonchev–Trinajstić information content (AvgIpc) is 2.60. The van der Waals surface area contributed by atoms with Crippen LogP contribution in [0.4, 0.5) is 4.79 Å². The molecule has 2 aliphatic heterocycles. The molecular weight excluding hydrogens is 324 g/mol. The number of hydrogen-bond donors (Lipinski definition) is 4. The summed E-state index contributed by atoms with van der Waals surface area (Å²) in [5.41, 5.74) is -0.656. The van der Waals surface area contributed by atoms with Gasteiger partial charge in [0.15, 0.2) is 0 Å². The van der Waals surface area contributed by atoms with E-state index in [1.165, 1.54) is 0 Å². The van der Waals surface area contributed by atoms with E-state index in [2.05, 4.69) is 16.0 Å². The van der Waals surface area contributed by atoms with E-state index in [0.29, 0.717) is 26.2 Å². The van der Waals surface area contributed by atoms with Gasteiger partial charge >= 0.3 is 6.03 Å². The molecule has 1 aromatic carbocycles. The van der Waals surface area contributed by atoms with Crippen LogP contribution in [0.5, 0.6) is 0 Å². The number of carbonyl (C=O) groups excluding carboxylic acids is 3. The van der Waals surface area contributed by atoms with Gasteiger partial charge in [0.2, 0.25) is 0 Å². The van der Waals surface area contributed by atoms with Gasteiger partial charge in [0.25, 0.3) is 17.4 Å². The third-order valence-electron chi connectivity index (χ3n) is 5.28. The average molecular weight is 347 g/mol. The molecule has 8 heteroatoms. The Morgan fingerprint density at radius 1 is 1.00 bits per heavy atom. The monoisotopic (exact) mass is 347 g/mol. The highest BCUT2D eigenvalue weighted by Crippen LogP contribution is 2.32. The number of nitrogens with zero attached hydrogens (tertiary/aromatic N) is 1. The van der Waals surface area contributed by atoms with E-state index in [0.717, 1.165) is 5.56 Å². The van der Waals surface area contributed by atoms with Crippen LogP contribution in [0.3, 0.4) is 0 Å². The van der Waals surface area contributed by atoms with Gasteiger partial charge in [-0.1, -0.05) is 30.3 Å². The summed E-state index contributed by atoms with van der Waals surface area (Å²) in [5.74, 6) is -1.19. The molecule has 4 amide bonds. The van der Waals surface area contributed by atoms with Crippen LogP contribution in [0, 0.1) is 0 Å². The van der Waals surface area contributed by atoms with E-state index < -0.39 is 23.4 Å². The number of quaternary nitrogens is 1. The van der Waals surface area contributed by atoms with E-state index in [4.69, 9.17) is 0 Å². The van der Waals surface area contributed by atoms with E-state index in [1.54, 1.807) is 0 Å². The summed E-state index contributed by atoms with van der Waals surface area (Å²) in [6.07, 6.45) is 0.165. The molecule has 0 bridgehead atoms. The summed E-state index contributed by atoms with van der Waals surface area (Å²) in [7, 11) is 0. The highest BCUT2D eigenvalue weighted by atomic mass is 16.3. The minimum Gasteiger partial charge on any atom is -0.391 e. The third-order valence-corrected chi connectivity index (χ3v) is 5.28. The molecule has 0 unspecified atom stereocenters. The second kappa shape index (κ2) is 6.91. The van der Waals surface area contributed by atoms with Crippen molar-refractivity contribution in [3.05, 3.63) is 35.9 Å². The van der Waals surface area contributed by atoms with Crippen molar-refractivity contribution in [1.29, 1.82) is 0 Å². The lowest BCUT2D eigenvalue weighted by Crippen LogP contribution is -2.83. The zero-order valence-corrected chi connectivity index (χ0v) is 14.0. The number of amides is 4. The Kier molecular flexibility index (Phi) is 4.85. The SMILES string of the molecule is O=C1NC(=O)C(Cc2ccccc2)([N+]2(CCO)CCNCC2)C(=O)N1. The maximum atomic E-state index is 13.0. The summed E-state index contributed by atoms with van der Waals surface area (Å²) in [6.45, 7) is 2.41.